The van der Waals surface area contributed by atoms with Crippen LogP contribution in [0.4, 0.5) is 0 Å². The number of nitrogens with one attached hydrogen (secondary N) is 1. The summed E-state index contributed by atoms with van der Waals surface area (Å²) in [6, 6.07) is 3.63. The number of likely N-dealkylation sites (tertiary alicyclic amines) is 1. The molecule has 0 bridgehead atoms. The number of halogens is 1. The van der Waals surface area contributed by atoms with Crippen molar-refractivity contribution in [2.75, 3.05) is 40.3 Å². The van der Waals surface area contributed by atoms with E-state index < -0.39 is 0 Å². The van der Waals surface area contributed by atoms with Crippen molar-refractivity contribution in [2.24, 2.45) is 5.92 Å². The van der Waals surface area contributed by atoms with Gasteiger partial charge in [-0.2, -0.15) is 0 Å². The zero-order chi connectivity index (χ0) is 16.1. The summed E-state index contributed by atoms with van der Waals surface area (Å²) >= 11 is 4.74. The van der Waals surface area contributed by atoms with Crippen LogP contribution in [-0.2, 0) is 4.79 Å². The number of nitrogens with zero attached hydrogens (tertiary/aromatic N) is 2. The Morgan fingerprint density at radius 1 is 1.50 bits per heavy atom. The second-order valence-corrected chi connectivity index (χ2v) is 8.13. The normalized spacial score (nSPS) is 18.3. The number of hydrogen-bond acceptors (Lipinski definition) is 4. The van der Waals surface area contributed by atoms with Crippen molar-refractivity contribution in [1.82, 2.24) is 15.1 Å². The quantitative estimate of drug-likeness (QED) is 0.840. The van der Waals surface area contributed by atoms with E-state index in [1.807, 2.05) is 18.0 Å². The third-order valence-electron chi connectivity index (χ3n) is 3.87. The van der Waals surface area contributed by atoms with Crippen molar-refractivity contribution >= 4 is 39.1 Å². The molecule has 2 heterocycles. The lowest BCUT2D eigenvalue weighted by molar-refractivity contribution is -0.133. The first kappa shape index (κ1) is 17.4. The predicted molar refractivity (Wildman–Crippen MR) is 92.2 cm³/mol. The smallest absolute Gasteiger partial charge is 0.264 e. The second kappa shape index (κ2) is 8.08. The largest absolute Gasteiger partial charge is 0.341 e. The average molecular weight is 388 g/mol. The highest BCUT2D eigenvalue weighted by molar-refractivity contribution is 9.11. The van der Waals surface area contributed by atoms with Gasteiger partial charge in [-0.1, -0.05) is 0 Å². The van der Waals surface area contributed by atoms with Gasteiger partial charge < -0.3 is 15.1 Å². The van der Waals surface area contributed by atoms with E-state index >= 15 is 0 Å². The van der Waals surface area contributed by atoms with Crippen molar-refractivity contribution in [1.29, 1.82) is 0 Å². The maximum atomic E-state index is 12.4. The molecule has 1 N–H and O–H groups in total. The maximum absolute atomic E-state index is 12.4. The molecular weight excluding hydrogens is 366 g/mol. The first-order valence-electron chi connectivity index (χ1n) is 7.44. The lowest BCUT2D eigenvalue weighted by atomic mass is 9.98. The molecule has 22 heavy (non-hydrogen) atoms. The predicted octanol–water partition coefficient (Wildman–Crippen LogP) is 2.04. The maximum Gasteiger partial charge on any atom is 0.264 e. The van der Waals surface area contributed by atoms with Gasteiger partial charge in [0.15, 0.2) is 0 Å². The molecule has 1 aliphatic heterocycles. The molecule has 0 aromatic carbocycles. The molecule has 122 valence electrons. The van der Waals surface area contributed by atoms with Crippen LogP contribution >= 0.6 is 27.3 Å². The van der Waals surface area contributed by atoms with Gasteiger partial charge in [0.2, 0.25) is 5.91 Å². The van der Waals surface area contributed by atoms with Crippen LogP contribution in [0.15, 0.2) is 15.9 Å². The Morgan fingerprint density at radius 3 is 2.91 bits per heavy atom. The van der Waals surface area contributed by atoms with Crippen LogP contribution in [0, 0.1) is 5.92 Å². The number of hydrogen-bond donors (Lipinski definition) is 1. The summed E-state index contributed by atoms with van der Waals surface area (Å²) in [5.41, 5.74) is 0. The Balaban J connectivity index is 1.89. The first-order valence-corrected chi connectivity index (χ1v) is 9.05. The molecule has 7 heteroatoms. The van der Waals surface area contributed by atoms with E-state index in [4.69, 9.17) is 0 Å². The highest BCUT2D eigenvalue weighted by atomic mass is 79.9. The Labute approximate surface area is 143 Å². The fourth-order valence-electron chi connectivity index (χ4n) is 2.74. The third-order valence-corrected chi connectivity index (χ3v) is 5.48. The Bertz CT molecular complexity index is 533. The summed E-state index contributed by atoms with van der Waals surface area (Å²) in [7, 11) is 3.62. The van der Waals surface area contributed by atoms with Crippen molar-refractivity contribution in [3.8, 4) is 0 Å². The molecule has 1 aromatic rings. The van der Waals surface area contributed by atoms with Gasteiger partial charge in [-0.25, -0.2) is 0 Å². The van der Waals surface area contributed by atoms with Gasteiger partial charge in [0, 0.05) is 20.1 Å². The zero-order valence-electron chi connectivity index (χ0n) is 13.0. The zero-order valence-corrected chi connectivity index (χ0v) is 15.4. The van der Waals surface area contributed by atoms with E-state index in [0.29, 0.717) is 10.8 Å². The summed E-state index contributed by atoms with van der Waals surface area (Å²) in [6.45, 7) is 2.65. The number of carbonyl (C=O) groups is 2. The van der Waals surface area contributed by atoms with Crippen molar-refractivity contribution in [3.63, 3.8) is 0 Å². The first-order chi connectivity index (χ1) is 10.5. The molecule has 1 aromatic heterocycles. The molecule has 0 radical (unpaired) electrons. The number of thiophene rings is 1. The summed E-state index contributed by atoms with van der Waals surface area (Å²) in [5.74, 6) is 0.442. The summed E-state index contributed by atoms with van der Waals surface area (Å²) in [5, 5.41) is 3.17. The van der Waals surface area contributed by atoms with Crippen molar-refractivity contribution in [3.05, 3.63) is 20.8 Å². The van der Waals surface area contributed by atoms with Crippen LogP contribution in [0.2, 0.25) is 0 Å². The van der Waals surface area contributed by atoms with Crippen LogP contribution in [-0.4, -0.2) is 61.9 Å². The standard InChI is InChI=1S/C15H22BrN3O2S/c1-17-8-11-4-3-7-19(9-11)14(20)10-18(2)15(21)12-5-6-13(16)22-12/h5-6,11,17H,3-4,7-10H2,1-2H3. The Morgan fingerprint density at radius 2 is 2.27 bits per heavy atom. The molecule has 0 saturated carbocycles. The van der Waals surface area contributed by atoms with Crippen LogP contribution in [0.5, 0.6) is 0 Å². The number of likely N-dealkylation sites (N-methyl/N-ethyl adjacent to an activating group) is 1. The molecule has 1 unspecified atom stereocenters. The van der Waals surface area contributed by atoms with Gasteiger partial charge in [-0.05, 0) is 60.4 Å². The minimum atomic E-state index is -0.104. The molecule has 0 aliphatic carbocycles. The lowest BCUT2D eigenvalue weighted by Crippen LogP contribution is -2.46. The minimum absolute atomic E-state index is 0.0345. The number of rotatable bonds is 5. The van der Waals surface area contributed by atoms with Gasteiger partial charge >= 0.3 is 0 Å². The van der Waals surface area contributed by atoms with Gasteiger partial charge in [0.1, 0.15) is 0 Å². The van der Waals surface area contributed by atoms with E-state index in [-0.39, 0.29) is 18.4 Å². The lowest BCUT2D eigenvalue weighted by Gasteiger charge is -2.33. The van der Waals surface area contributed by atoms with Gasteiger partial charge in [0.05, 0.1) is 15.2 Å². The molecule has 1 fully saturated rings. The number of carbonyl (C=O) groups excluding carboxylic acids is 2. The summed E-state index contributed by atoms with van der Waals surface area (Å²) in [6.07, 6.45) is 2.19. The van der Waals surface area contributed by atoms with E-state index in [1.165, 1.54) is 16.2 Å². The highest BCUT2D eigenvalue weighted by Gasteiger charge is 2.25. The molecule has 1 aliphatic rings. The van der Waals surface area contributed by atoms with Gasteiger partial charge in [0.25, 0.3) is 5.91 Å². The SMILES string of the molecule is CNCC1CCCN(C(=O)CN(C)C(=O)c2ccc(Br)s2)C1. The summed E-state index contributed by atoms with van der Waals surface area (Å²) < 4.78 is 0.918. The molecule has 0 spiro atoms. The van der Waals surface area contributed by atoms with E-state index in [1.54, 1.807) is 13.1 Å². The topological polar surface area (TPSA) is 52.7 Å². The highest BCUT2D eigenvalue weighted by Crippen LogP contribution is 2.23. The van der Waals surface area contributed by atoms with Crippen LogP contribution in [0.25, 0.3) is 0 Å². The fourth-order valence-corrected chi connectivity index (χ4v) is 4.12. The van der Waals surface area contributed by atoms with E-state index in [2.05, 4.69) is 21.2 Å². The Kier molecular flexibility index (Phi) is 6.40. The van der Waals surface area contributed by atoms with Gasteiger partial charge in [-0.15, -0.1) is 11.3 Å². The van der Waals surface area contributed by atoms with Gasteiger partial charge in [-0.3, -0.25) is 9.59 Å². The van der Waals surface area contributed by atoms with Crippen LogP contribution in [0.3, 0.4) is 0 Å². The number of piperidine rings is 1. The molecular formula is C15H22BrN3O2S. The van der Waals surface area contributed by atoms with Crippen LogP contribution in [0.1, 0.15) is 22.5 Å². The van der Waals surface area contributed by atoms with Crippen molar-refractivity contribution < 1.29 is 9.59 Å². The molecule has 5 nitrogen and oxygen atoms in total. The average Bonchev–Trinajstić information content (AvgIpc) is 2.93. The molecule has 2 rings (SSSR count). The number of amides is 2. The monoisotopic (exact) mass is 387 g/mol. The van der Waals surface area contributed by atoms with Crippen molar-refractivity contribution in [2.45, 2.75) is 12.8 Å². The Hall–Kier alpha value is -0.920. The second-order valence-electron chi connectivity index (χ2n) is 5.67. The molecule has 1 atom stereocenters. The van der Waals surface area contributed by atoms with E-state index in [0.717, 1.165) is 36.3 Å². The van der Waals surface area contributed by atoms with Crippen LogP contribution < -0.4 is 5.32 Å². The minimum Gasteiger partial charge on any atom is -0.341 e. The third kappa shape index (κ3) is 4.54. The molecule has 2 amide bonds. The fraction of sp³-hybridized carbons (Fsp3) is 0.600. The van der Waals surface area contributed by atoms with E-state index in [9.17, 15) is 9.59 Å². The molecule has 1 saturated heterocycles. The summed E-state index contributed by atoms with van der Waals surface area (Å²) in [4.78, 5) is 28.7.